The summed E-state index contributed by atoms with van der Waals surface area (Å²) < 4.78 is 26.2. The Labute approximate surface area is 237 Å². The van der Waals surface area contributed by atoms with Crippen LogP contribution >= 0.6 is 11.6 Å². The second-order valence-corrected chi connectivity index (χ2v) is 9.08. The van der Waals surface area contributed by atoms with E-state index in [1.54, 1.807) is 18.2 Å². The highest BCUT2D eigenvalue weighted by molar-refractivity contribution is 6.17. The van der Waals surface area contributed by atoms with Gasteiger partial charge in [-0.15, -0.1) is 11.6 Å². The number of carbonyl (C=O) groups excluding carboxylic acids is 3. The van der Waals surface area contributed by atoms with E-state index in [2.05, 4.69) is 10.6 Å². The fourth-order valence-corrected chi connectivity index (χ4v) is 3.62. The van der Waals surface area contributed by atoms with Crippen LogP contribution in [-0.4, -0.2) is 108 Å². The van der Waals surface area contributed by atoms with Gasteiger partial charge in [0.05, 0.1) is 33.0 Å². The smallest absolute Gasteiger partial charge is 0.407 e. The molecular weight excluding hydrogens is 530 g/mol. The predicted octanol–water partition coefficient (Wildman–Crippen LogP) is 3.41. The molecule has 0 saturated carbocycles. The average Bonchev–Trinajstić information content (AvgIpc) is 2.95. The maximum atomic E-state index is 12.0. The third kappa shape index (κ3) is 22.2. The fourth-order valence-electron chi connectivity index (χ4n) is 3.43. The minimum absolute atomic E-state index is 0.0265. The molecule has 224 valence electrons. The molecule has 1 aliphatic heterocycles. The Bertz CT molecular complexity index is 703. The van der Waals surface area contributed by atoms with E-state index < -0.39 is 12.2 Å². The SMILES string of the molecule is O=C(NC/C=C/C(=O)N1CCCCC1)OC/C=C/COCCOC(=O)NCCOCCOCCCCCCCl. The first-order chi connectivity index (χ1) is 19.1. The molecule has 2 N–H and O–H groups in total. The van der Waals surface area contributed by atoms with Crippen LogP contribution in [0.2, 0.25) is 0 Å². The van der Waals surface area contributed by atoms with Gasteiger partial charge in [0.2, 0.25) is 5.91 Å². The normalized spacial score (nSPS) is 13.6. The molecule has 0 aromatic carbocycles. The minimum atomic E-state index is -0.571. The van der Waals surface area contributed by atoms with Crippen molar-refractivity contribution in [2.75, 3.05) is 84.9 Å². The fraction of sp³-hybridized carbons (Fsp3) is 0.741. The van der Waals surface area contributed by atoms with Crippen LogP contribution in [0.25, 0.3) is 0 Å². The number of hydrogen-bond donors (Lipinski definition) is 2. The molecule has 0 aliphatic carbocycles. The van der Waals surface area contributed by atoms with Gasteiger partial charge in [-0.1, -0.05) is 25.0 Å². The highest BCUT2D eigenvalue weighted by Gasteiger charge is 2.13. The van der Waals surface area contributed by atoms with Crippen LogP contribution in [0.5, 0.6) is 0 Å². The van der Waals surface area contributed by atoms with Crippen molar-refractivity contribution in [1.29, 1.82) is 0 Å². The first kappa shape index (κ1) is 34.7. The number of amides is 3. The summed E-state index contributed by atoms with van der Waals surface area (Å²) in [5.74, 6) is 0.689. The van der Waals surface area contributed by atoms with Crippen molar-refractivity contribution >= 4 is 29.7 Å². The molecule has 0 atom stereocenters. The third-order valence-electron chi connectivity index (χ3n) is 5.50. The van der Waals surface area contributed by atoms with E-state index in [-0.39, 0.29) is 32.3 Å². The molecule has 0 radical (unpaired) electrons. The molecule has 0 spiro atoms. The summed E-state index contributed by atoms with van der Waals surface area (Å²) in [5, 5.41) is 5.15. The first-order valence-electron chi connectivity index (χ1n) is 13.8. The number of halogens is 1. The largest absolute Gasteiger partial charge is 0.447 e. The van der Waals surface area contributed by atoms with Crippen LogP contribution in [0.1, 0.15) is 44.9 Å². The molecule has 0 unspecified atom stereocenters. The van der Waals surface area contributed by atoms with Crippen LogP contribution in [0.15, 0.2) is 24.3 Å². The van der Waals surface area contributed by atoms with Crippen LogP contribution < -0.4 is 10.6 Å². The maximum absolute atomic E-state index is 12.0. The lowest BCUT2D eigenvalue weighted by molar-refractivity contribution is -0.126. The standard InChI is InChI=1S/C27H46ClN3O8/c28-12-4-1-2-7-17-35-21-22-37-20-14-30-27(34)39-24-23-36-18-8-9-19-38-26(33)29-13-10-11-25(32)31-15-5-3-6-16-31/h8-11H,1-7,12-24H2,(H,29,33)(H,30,34)/b9-8+,11-10+. The summed E-state index contributed by atoms with van der Waals surface area (Å²) in [6.07, 6.45) is 12.9. The van der Waals surface area contributed by atoms with Crippen LogP contribution in [0, 0.1) is 0 Å². The van der Waals surface area contributed by atoms with Crippen LogP contribution in [-0.2, 0) is 28.5 Å². The van der Waals surface area contributed by atoms with Gasteiger partial charge in [0.1, 0.15) is 13.2 Å². The number of likely N-dealkylation sites (tertiary alicyclic amines) is 1. The van der Waals surface area contributed by atoms with E-state index in [1.807, 2.05) is 4.90 Å². The Kier molecular flexibility index (Phi) is 23.0. The first-order valence-corrected chi connectivity index (χ1v) is 14.4. The molecule has 1 saturated heterocycles. The van der Waals surface area contributed by atoms with Gasteiger partial charge >= 0.3 is 12.2 Å². The number of rotatable bonds is 22. The van der Waals surface area contributed by atoms with Crippen molar-refractivity contribution in [1.82, 2.24) is 15.5 Å². The van der Waals surface area contributed by atoms with Gasteiger partial charge in [0.15, 0.2) is 0 Å². The molecule has 1 heterocycles. The van der Waals surface area contributed by atoms with E-state index in [0.717, 1.165) is 58.2 Å². The number of piperidine rings is 1. The van der Waals surface area contributed by atoms with E-state index in [1.165, 1.54) is 12.5 Å². The summed E-state index contributed by atoms with van der Waals surface area (Å²) in [4.78, 5) is 37.0. The van der Waals surface area contributed by atoms with E-state index in [9.17, 15) is 14.4 Å². The van der Waals surface area contributed by atoms with Crippen molar-refractivity contribution < 1.29 is 38.1 Å². The Morgan fingerprint density at radius 1 is 0.692 bits per heavy atom. The summed E-state index contributed by atoms with van der Waals surface area (Å²) >= 11 is 5.63. The lowest BCUT2D eigenvalue weighted by atomic mass is 10.1. The summed E-state index contributed by atoms with van der Waals surface area (Å²) in [5.41, 5.74) is 0. The molecule has 39 heavy (non-hydrogen) atoms. The number of nitrogens with one attached hydrogen (secondary N) is 2. The zero-order chi connectivity index (χ0) is 28.2. The van der Waals surface area contributed by atoms with Gasteiger partial charge in [0.25, 0.3) is 0 Å². The number of alkyl halides is 1. The van der Waals surface area contributed by atoms with Crippen LogP contribution in [0.3, 0.4) is 0 Å². The van der Waals surface area contributed by atoms with Crippen molar-refractivity contribution in [3.8, 4) is 0 Å². The topological polar surface area (TPSA) is 125 Å². The monoisotopic (exact) mass is 575 g/mol. The third-order valence-corrected chi connectivity index (χ3v) is 5.77. The van der Waals surface area contributed by atoms with Gasteiger partial charge in [-0.2, -0.15) is 0 Å². The number of alkyl carbamates (subject to hydrolysis) is 2. The summed E-state index contributed by atoms with van der Waals surface area (Å²) in [6.45, 7) is 5.01. The van der Waals surface area contributed by atoms with E-state index in [0.29, 0.717) is 38.9 Å². The number of hydrogen-bond acceptors (Lipinski definition) is 8. The lowest BCUT2D eigenvalue weighted by Gasteiger charge is -2.25. The molecule has 3 amide bonds. The summed E-state index contributed by atoms with van der Waals surface area (Å²) in [6, 6.07) is 0. The molecule has 0 aromatic heterocycles. The average molecular weight is 576 g/mol. The number of unbranched alkanes of at least 4 members (excludes halogenated alkanes) is 3. The molecular formula is C27H46ClN3O8. The van der Waals surface area contributed by atoms with E-state index >= 15 is 0 Å². The second-order valence-electron chi connectivity index (χ2n) is 8.70. The zero-order valence-electron chi connectivity index (χ0n) is 23.0. The molecule has 1 fully saturated rings. The molecule has 1 aliphatic rings. The zero-order valence-corrected chi connectivity index (χ0v) is 23.8. The Balaban J connectivity index is 1.84. The quantitative estimate of drug-likeness (QED) is 0.0871. The Morgan fingerprint density at radius 2 is 1.38 bits per heavy atom. The van der Waals surface area contributed by atoms with Crippen molar-refractivity contribution in [2.24, 2.45) is 0 Å². The number of nitrogens with zero attached hydrogens (tertiary/aromatic N) is 1. The van der Waals surface area contributed by atoms with Crippen LogP contribution in [0.4, 0.5) is 9.59 Å². The van der Waals surface area contributed by atoms with Gasteiger partial charge in [-0.3, -0.25) is 4.79 Å². The van der Waals surface area contributed by atoms with Crippen molar-refractivity contribution in [3.63, 3.8) is 0 Å². The van der Waals surface area contributed by atoms with Gasteiger partial charge in [-0.25, -0.2) is 9.59 Å². The van der Waals surface area contributed by atoms with Gasteiger partial charge in [0, 0.05) is 44.7 Å². The van der Waals surface area contributed by atoms with Crippen molar-refractivity contribution in [3.05, 3.63) is 24.3 Å². The molecule has 0 aromatic rings. The predicted molar refractivity (Wildman–Crippen MR) is 149 cm³/mol. The van der Waals surface area contributed by atoms with Gasteiger partial charge in [-0.05, 0) is 38.2 Å². The Morgan fingerprint density at radius 3 is 2.18 bits per heavy atom. The summed E-state index contributed by atoms with van der Waals surface area (Å²) in [7, 11) is 0. The van der Waals surface area contributed by atoms with Crippen molar-refractivity contribution in [2.45, 2.75) is 44.9 Å². The number of ether oxygens (including phenoxy) is 5. The molecule has 0 bridgehead atoms. The maximum Gasteiger partial charge on any atom is 0.407 e. The minimum Gasteiger partial charge on any atom is -0.447 e. The molecule has 1 rings (SSSR count). The molecule has 12 heteroatoms. The van der Waals surface area contributed by atoms with E-state index in [4.69, 9.17) is 35.3 Å². The molecule has 11 nitrogen and oxygen atoms in total. The lowest BCUT2D eigenvalue weighted by Crippen LogP contribution is -2.34. The van der Waals surface area contributed by atoms with Gasteiger partial charge < -0.3 is 39.2 Å². The number of carbonyl (C=O) groups is 3. The highest BCUT2D eigenvalue weighted by atomic mass is 35.5. The second kappa shape index (κ2) is 25.9. The Hall–Kier alpha value is -2.34. The highest BCUT2D eigenvalue weighted by Crippen LogP contribution is 2.08.